The Morgan fingerprint density at radius 3 is 2.35 bits per heavy atom. The van der Waals surface area contributed by atoms with Crippen LogP contribution in [0.5, 0.6) is 11.5 Å². The van der Waals surface area contributed by atoms with E-state index in [0.717, 1.165) is 0 Å². The molecule has 110 valence electrons. The lowest BCUT2D eigenvalue weighted by atomic mass is 10.1. The second-order valence-electron chi connectivity index (χ2n) is 4.92. The monoisotopic (exact) mass is 279 g/mol. The van der Waals surface area contributed by atoms with Crippen molar-refractivity contribution in [1.29, 1.82) is 0 Å². The minimum absolute atomic E-state index is 0.0233. The van der Waals surface area contributed by atoms with E-state index < -0.39 is 0 Å². The summed E-state index contributed by atoms with van der Waals surface area (Å²) in [5, 5.41) is 0. The van der Waals surface area contributed by atoms with Crippen LogP contribution in [0.15, 0.2) is 18.2 Å². The third kappa shape index (κ3) is 2.88. The summed E-state index contributed by atoms with van der Waals surface area (Å²) in [7, 11) is 3.14. The van der Waals surface area contributed by atoms with Gasteiger partial charge < -0.3 is 19.1 Å². The van der Waals surface area contributed by atoms with E-state index in [1.54, 1.807) is 32.4 Å². The molecule has 20 heavy (non-hydrogen) atoms. The van der Waals surface area contributed by atoms with Gasteiger partial charge in [0.15, 0.2) is 0 Å². The number of hydrogen-bond acceptors (Lipinski definition) is 4. The molecule has 1 aromatic carbocycles. The minimum atomic E-state index is -0.0233. The summed E-state index contributed by atoms with van der Waals surface area (Å²) in [6.07, 6.45) is 0.0419. The van der Waals surface area contributed by atoms with Crippen LogP contribution in [0.3, 0.4) is 0 Å². The Morgan fingerprint density at radius 2 is 1.80 bits per heavy atom. The van der Waals surface area contributed by atoms with Crippen LogP contribution in [0.1, 0.15) is 24.2 Å². The van der Waals surface area contributed by atoms with Crippen molar-refractivity contribution in [3.8, 4) is 11.5 Å². The average molecular weight is 279 g/mol. The van der Waals surface area contributed by atoms with Gasteiger partial charge in [-0.2, -0.15) is 0 Å². The predicted molar refractivity (Wildman–Crippen MR) is 75.5 cm³/mol. The number of methoxy groups -OCH3 is 2. The Labute approximate surface area is 119 Å². The van der Waals surface area contributed by atoms with Crippen LogP contribution < -0.4 is 9.47 Å². The molecular formula is C15H21NO4. The Hall–Kier alpha value is -1.75. The number of ether oxygens (including phenoxy) is 3. The molecule has 0 aromatic heterocycles. The molecule has 0 aliphatic carbocycles. The second-order valence-corrected chi connectivity index (χ2v) is 4.92. The number of benzene rings is 1. The standard InChI is InChI=1S/C15H21NO4/c1-10-11(2)20-6-5-16(10)15(17)12-7-13(18-3)9-14(8-12)19-4/h7-11H,5-6H2,1-4H3. The minimum Gasteiger partial charge on any atom is -0.497 e. The Bertz CT molecular complexity index is 467. The molecule has 1 aliphatic heterocycles. The molecule has 0 saturated carbocycles. The number of rotatable bonds is 3. The van der Waals surface area contributed by atoms with Crippen LogP contribution in [0.4, 0.5) is 0 Å². The zero-order valence-corrected chi connectivity index (χ0v) is 12.4. The van der Waals surface area contributed by atoms with Gasteiger partial charge in [0.2, 0.25) is 0 Å². The fraction of sp³-hybridized carbons (Fsp3) is 0.533. The summed E-state index contributed by atoms with van der Waals surface area (Å²) < 4.78 is 16.0. The molecule has 1 amide bonds. The van der Waals surface area contributed by atoms with Crippen molar-refractivity contribution in [3.63, 3.8) is 0 Å². The van der Waals surface area contributed by atoms with Crippen molar-refractivity contribution in [1.82, 2.24) is 4.90 Å². The molecule has 1 saturated heterocycles. The molecule has 5 nitrogen and oxygen atoms in total. The first-order chi connectivity index (χ1) is 9.56. The van der Waals surface area contributed by atoms with Crippen LogP contribution in [-0.4, -0.2) is 50.3 Å². The number of nitrogens with zero attached hydrogens (tertiary/aromatic N) is 1. The third-order valence-electron chi connectivity index (χ3n) is 3.74. The zero-order valence-electron chi connectivity index (χ0n) is 12.4. The van der Waals surface area contributed by atoms with Crippen molar-refractivity contribution in [2.75, 3.05) is 27.4 Å². The first-order valence-corrected chi connectivity index (χ1v) is 6.72. The van der Waals surface area contributed by atoms with Crippen LogP contribution in [0, 0.1) is 0 Å². The summed E-state index contributed by atoms with van der Waals surface area (Å²) >= 11 is 0. The van der Waals surface area contributed by atoms with E-state index in [4.69, 9.17) is 14.2 Å². The highest BCUT2D eigenvalue weighted by atomic mass is 16.5. The smallest absolute Gasteiger partial charge is 0.254 e. The number of amides is 1. The molecule has 1 aromatic rings. The molecule has 0 radical (unpaired) electrons. The molecule has 2 atom stereocenters. The van der Waals surface area contributed by atoms with Gasteiger partial charge in [0, 0.05) is 18.2 Å². The number of morpholine rings is 1. The lowest BCUT2D eigenvalue weighted by Gasteiger charge is -2.37. The van der Waals surface area contributed by atoms with Gasteiger partial charge in [-0.05, 0) is 26.0 Å². The molecule has 0 spiro atoms. The van der Waals surface area contributed by atoms with Crippen molar-refractivity contribution in [2.45, 2.75) is 26.0 Å². The summed E-state index contributed by atoms with van der Waals surface area (Å²) in [6.45, 7) is 5.15. The van der Waals surface area contributed by atoms with Crippen molar-refractivity contribution >= 4 is 5.91 Å². The Kier molecular flexibility index (Phi) is 4.49. The molecule has 5 heteroatoms. The first-order valence-electron chi connectivity index (χ1n) is 6.72. The molecular weight excluding hydrogens is 258 g/mol. The first kappa shape index (κ1) is 14.7. The summed E-state index contributed by atoms with van der Waals surface area (Å²) in [4.78, 5) is 14.5. The topological polar surface area (TPSA) is 48.0 Å². The molecule has 1 aliphatic rings. The molecule has 1 fully saturated rings. The van der Waals surface area contributed by atoms with E-state index in [2.05, 4.69) is 0 Å². The average Bonchev–Trinajstić information content (AvgIpc) is 2.48. The lowest BCUT2D eigenvalue weighted by Crippen LogP contribution is -2.51. The summed E-state index contributed by atoms with van der Waals surface area (Å²) in [5.41, 5.74) is 0.571. The largest absolute Gasteiger partial charge is 0.497 e. The number of carbonyl (C=O) groups is 1. The lowest BCUT2D eigenvalue weighted by molar-refractivity contribution is -0.0440. The van der Waals surface area contributed by atoms with E-state index >= 15 is 0 Å². The maximum atomic E-state index is 12.7. The summed E-state index contributed by atoms with van der Waals surface area (Å²) in [6, 6.07) is 5.27. The molecule has 2 rings (SSSR count). The van der Waals surface area contributed by atoms with Gasteiger partial charge in [-0.1, -0.05) is 0 Å². The molecule has 1 heterocycles. The highest BCUT2D eigenvalue weighted by Gasteiger charge is 2.30. The van der Waals surface area contributed by atoms with E-state index in [1.165, 1.54) is 0 Å². The van der Waals surface area contributed by atoms with Gasteiger partial charge in [0.1, 0.15) is 11.5 Å². The maximum Gasteiger partial charge on any atom is 0.254 e. The van der Waals surface area contributed by atoms with Gasteiger partial charge in [-0.15, -0.1) is 0 Å². The molecule has 2 unspecified atom stereocenters. The second kappa shape index (κ2) is 6.13. The highest BCUT2D eigenvalue weighted by Crippen LogP contribution is 2.25. The van der Waals surface area contributed by atoms with Crippen molar-refractivity contribution in [2.24, 2.45) is 0 Å². The van der Waals surface area contributed by atoms with Crippen LogP contribution in [0.2, 0.25) is 0 Å². The quantitative estimate of drug-likeness (QED) is 0.848. The predicted octanol–water partition coefficient (Wildman–Crippen LogP) is 1.95. The van der Waals surface area contributed by atoms with Crippen LogP contribution >= 0.6 is 0 Å². The van der Waals surface area contributed by atoms with Crippen molar-refractivity contribution in [3.05, 3.63) is 23.8 Å². The zero-order chi connectivity index (χ0) is 14.7. The maximum absolute atomic E-state index is 12.7. The fourth-order valence-electron chi connectivity index (χ4n) is 2.32. The van der Waals surface area contributed by atoms with E-state index in [0.29, 0.717) is 30.2 Å². The van der Waals surface area contributed by atoms with Gasteiger partial charge >= 0.3 is 0 Å². The van der Waals surface area contributed by atoms with Gasteiger partial charge in [-0.3, -0.25) is 4.79 Å². The summed E-state index contributed by atoms with van der Waals surface area (Å²) in [5.74, 6) is 1.20. The highest BCUT2D eigenvalue weighted by molar-refractivity contribution is 5.95. The van der Waals surface area contributed by atoms with Crippen molar-refractivity contribution < 1.29 is 19.0 Å². The van der Waals surface area contributed by atoms with Gasteiger partial charge in [0.05, 0.1) is 33.0 Å². The molecule has 0 N–H and O–H groups in total. The fourth-order valence-corrected chi connectivity index (χ4v) is 2.32. The Balaban J connectivity index is 2.28. The third-order valence-corrected chi connectivity index (χ3v) is 3.74. The van der Waals surface area contributed by atoms with Crippen LogP contribution in [0.25, 0.3) is 0 Å². The van der Waals surface area contributed by atoms with E-state index in [-0.39, 0.29) is 18.1 Å². The number of hydrogen-bond donors (Lipinski definition) is 0. The SMILES string of the molecule is COc1cc(OC)cc(C(=O)N2CCOC(C)C2C)c1. The van der Waals surface area contributed by atoms with Gasteiger partial charge in [0.25, 0.3) is 5.91 Å². The molecule has 0 bridgehead atoms. The van der Waals surface area contributed by atoms with Crippen LogP contribution in [-0.2, 0) is 4.74 Å². The normalized spacial score (nSPS) is 22.5. The van der Waals surface area contributed by atoms with Gasteiger partial charge in [-0.25, -0.2) is 0 Å². The van der Waals surface area contributed by atoms with E-state index in [1.807, 2.05) is 18.7 Å². The van der Waals surface area contributed by atoms with E-state index in [9.17, 15) is 4.79 Å². The number of carbonyl (C=O) groups excluding carboxylic acids is 1. The Morgan fingerprint density at radius 1 is 1.20 bits per heavy atom.